The number of amides is 1. The molecule has 2 aliphatic heterocycles. The van der Waals surface area contributed by atoms with E-state index >= 15 is 0 Å². The van der Waals surface area contributed by atoms with Crippen molar-refractivity contribution in [1.82, 2.24) is 9.21 Å². The van der Waals surface area contributed by atoms with Crippen molar-refractivity contribution in [2.24, 2.45) is 0 Å². The highest BCUT2D eigenvalue weighted by atomic mass is 32.2. The zero-order chi connectivity index (χ0) is 18.7. The highest BCUT2D eigenvalue weighted by Crippen LogP contribution is 2.31. The van der Waals surface area contributed by atoms with Gasteiger partial charge >= 0.3 is 0 Å². The Bertz CT molecular complexity index is 753. The maximum atomic E-state index is 13.0. The molecule has 144 valence electrons. The first-order valence-corrected chi connectivity index (χ1v) is 10.0. The summed E-state index contributed by atoms with van der Waals surface area (Å²) < 4.78 is 43.1. The van der Waals surface area contributed by atoms with Crippen LogP contribution in [0.25, 0.3) is 0 Å². The van der Waals surface area contributed by atoms with Gasteiger partial charge in [-0.3, -0.25) is 4.79 Å². The molecule has 0 saturated carbocycles. The molecular weight excluding hydrogens is 360 g/mol. The van der Waals surface area contributed by atoms with Crippen LogP contribution in [0.4, 0.5) is 0 Å². The highest BCUT2D eigenvalue weighted by molar-refractivity contribution is 7.89. The number of piperazine rings is 1. The molecule has 2 aliphatic rings. The van der Waals surface area contributed by atoms with E-state index in [-0.39, 0.29) is 35.7 Å². The zero-order valence-corrected chi connectivity index (χ0v) is 15.8. The fourth-order valence-corrected chi connectivity index (χ4v) is 4.81. The quantitative estimate of drug-likeness (QED) is 0.744. The van der Waals surface area contributed by atoms with E-state index in [0.717, 1.165) is 12.8 Å². The van der Waals surface area contributed by atoms with Gasteiger partial charge < -0.3 is 19.1 Å². The van der Waals surface area contributed by atoms with E-state index in [1.807, 2.05) is 0 Å². The fraction of sp³-hybridized carbons (Fsp3) is 0.588. The van der Waals surface area contributed by atoms with Crippen molar-refractivity contribution in [3.8, 4) is 11.5 Å². The number of nitrogens with zero attached hydrogens (tertiary/aromatic N) is 2. The zero-order valence-electron chi connectivity index (χ0n) is 15.0. The fourth-order valence-electron chi connectivity index (χ4n) is 3.25. The molecule has 26 heavy (non-hydrogen) atoms. The average Bonchev–Trinajstić information content (AvgIpc) is 3.21. The monoisotopic (exact) mass is 384 g/mol. The van der Waals surface area contributed by atoms with Crippen LogP contribution in [0.5, 0.6) is 11.5 Å². The van der Waals surface area contributed by atoms with E-state index in [2.05, 4.69) is 0 Å². The Hall–Kier alpha value is -1.84. The van der Waals surface area contributed by atoms with Gasteiger partial charge in [0.2, 0.25) is 10.0 Å². The van der Waals surface area contributed by atoms with E-state index in [0.29, 0.717) is 25.4 Å². The lowest BCUT2D eigenvalue weighted by Gasteiger charge is -2.35. The predicted molar refractivity (Wildman–Crippen MR) is 93.9 cm³/mol. The van der Waals surface area contributed by atoms with Crippen LogP contribution in [-0.4, -0.2) is 76.6 Å². The Morgan fingerprint density at radius 2 is 1.88 bits per heavy atom. The number of rotatable bonds is 5. The summed E-state index contributed by atoms with van der Waals surface area (Å²) in [5.41, 5.74) is 0. The minimum atomic E-state index is -3.71. The molecular formula is C17H24N2O6S. The summed E-state index contributed by atoms with van der Waals surface area (Å²) in [4.78, 5) is 14.2. The van der Waals surface area contributed by atoms with Crippen molar-refractivity contribution in [2.45, 2.75) is 23.8 Å². The van der Waals surface area contributed by atoms with Gasteiger partial charge in [-0.05, 0) is 25.0 Å². The first kappa shape index (κ1) is 18.9. The predicted octanol–water partition coefficient (Wildman–Crippen LogP) is 0.716. The van der Waals surface area contributed by atoms with Crippen molar-refractivity contribution >= 4 is 15.9 Å². The minimum Gasteiger partial charge on any atom is -0.497 e. The van der Waals surface area contributed by atoms with Crippen molar-refractivity contribution < 1.29 is 27.4 Å². The number of benzene rings is 1. The Balaban J connectivity index is 1.71. The molecule has 1 aromatic rings. The second kappa shape index (κ2) is 7.81. The standard InChI is InChI=1S/C17H24N2O6S/c1-23-13-5-6-16(15(12-13)24-2)26(21,22)19-9-7-18(8-10-19)17(20)14-4-3-11-25-14/h5-6,12,14H,3-4,7-11H2,1-2H3. The number of carbonyl (C=O) groups is 1. The third-order valence-electron chi connectivity index (χ3n) is 4.74. The maximum absolute atomic E-state index is 13.0. The number of ether oxygens (including phenoxy) is 3. The summed E-state index contributed by atoms with van der Waals surface area (Å²) in [6, 6.07) is 4.62. The average molecular weight is 384 g/mol. The molecule has 0 N–H and O–H groups in total. The normalized spacial score (nSPS) is 21.6. The van der Waals surface area contributed by atoms with Gasteiger partial charge in [-0.1, -0.05) is 0 Å². The molecule has 1 aromatic carbocycles. The third kappa shape index (κ3) is 3.65. The highest BCUT2D eigenvalue weighted by Gasteiger charge is 2.35. The number of hydrogen-bond donors (Lipinski definition) is 0. The lowest BCUT2D eigenvalue weighted by atomic mass is 10.2. The summed E-state index contributed by atoms with van der Waals surface area (Å²) in [6.45, 7) is 1.82. The van der Waals surface area contributed by atoms with E-state index in [4.69, 9.17) is 14.2 Å². The maximum Gasteiger partial charge on any atom is 0.251 e. The Morgan fingerprint density at radius 1 is 1.15 bits per heavy atom. The van der Waals surface area contributed by atoms with Gasteiger partial charge in [-0.25, -0.2) is 8.42 Å². The van der Waals surface area contributed by atoms with Gasteiger partial charge in [0.25, 0.3) is 5.91 Å². The van der Waals surface area contributed by atoms with Crippen LogP contribution in [-0.2, 0) is 19.6 Å². The summed E-state index contributed by atoms with van der Waals surface area (Å²) in [7, 11) is -0.785. The molecule has 1 amide bonds. The van der Waals surface area contributed by atoms with Gasteiger partial charge in [-0.15, -0.1) is 0 Å². The van der Waals surface area contributed by atoms with E-state index < -0.39 is 10.0 Å². The van der Waals surface area contributed by atoms with Crippen LogP contribution >= 0.6 is 0 Å². The Morgan fingerprint density at radius 3 is 2.46 bits per heavy atom. The molecule has 8 nitrogen and oxygen atoms in total. The van der Waals surface area contributed by atoms with Crippen molar-refractivity contribution in [3.05, 3.63) is 18.2 Å². The smallest absolute Gasteiger partial charge is 0.251 e. The third-order valence-corrected chi connectivity index (χ3v) is 6.68. The van der Waals surface area contributed by atoms with Crippen molar-refractivity contribution in [3.63, 3.8) is 0 Å². The van der Waals surface area contributed by atoms with Crippen LogP contribution in [0.1, 0.15) is 12.8 Å². The number of sulfonamides is 1. The first-order valence-electron chi connectivity index (χ1n) is 8.60. The van der Waals surface area contributed by atoms with E-state index in [1.165, 1.54) is 24.6 Å². The largest absolute Gasteiger partial charge is 0.497 e. The second-order valence-electron chi connectivity index (χ2n) is 6.25. The SMILES string of the molecule is COc1ccc(S(=O)(=O)N2CCN(C(=O)C3CCCO3)CC2)c(OC)c1. The molecule has 1 atom stereocenters. The van der Waals surface area contributed by atoms with Gasteiger partial charge in [-0.2, -0.15) is 4.31 Å². The van der Waals surface area contributed by atoms with Crippen molar-refractivity contribution in [1.29, 1.82) is 0 Å². The molecule has 1 unspecified atom stereocenters. The van der Waals surface area contributed by atoms with Gasteiger partial charge in [0.15, 0.2) is 0 Å². The van der Waals surface area contributed by atoms with Crippen LogP contribution in [0, 0.1) is 0 Å². The minimum absolute atomic E-state index is 0.0402. The molecule has 0 radical (unpaired) electrons. The molecule has 0 spiro atoms. The lowest BCUT2D eigenvalue weighted by molar-refractivity contribution is -0.142. The summed E-state index contributed by atoms with van der Waals surface area (Å²) in [6.07, 6.45) is 1.25. The van der Waals surface area contributed by atoms with Crippen LogP contribution in [0.15, 0.2) is 23.1 Å². The van der Waals surface area contributed by atoms with E-state index in [1.54, 1.807) is 17.0 Å². The molecule has 2 fully saturated rings. The van der Waals surface area contributed by atoms with Crippen LogP contribution in [0.3, 0.4) is 0 Å². The lowest BCUT2D eigenvalue weighted by Crippen LogP contribution is -2.52. The molecule has 0 aliphatic carbocycles. The first-order chi connectivity index (χ1) is 12.5. The van der Waals surface area contributed by atoms with Crippen molar-refractivity contribution in [2.75, 3.05) is 47.0 Å². The molecule has 2 heterocycles. The van der Waals surface area contributed by atoms with E-state index in [9.17, 15) is 13.2 Å². The Kier molecular flexibility index (Phi) is 5.69. The molecule has 3 rings (SSSR count). The molecule has 0 bridgehead atoms. The summed E-state index contributed by atoms with van der Waals surface area (Å²) >= 11 is 0. The topological polar surface area (TPSA) is 85.4 Å². The number of carbonyl (C=O) groups excluding carboxylic acids is 1. The number of hydrogen-bond acceptors (Lipinski definition) is 6. The molecule has 9 heteroatoms. The summed E-state index contributed by atoms with van der Waals surface area (Å²) in [5, 5.41) is 0. The Labute approximate surface area is 153 Å². The molecule has 2 saturated heterocycles. The summed E-state index contributed by atoms with van der Waals surface area (Å²) in [5.74, 6) is 0.719. The van der Waals surface area contributed by atoms with Gasteiger partial charge in [0.1, 0.15) is 22.5 Å². The van der Waals surface area contributed by atoms with Gasteiger partial charge in [0, 0.05) is 38.9 Å². The number of methoxy groups -OCH3 is 2. The van der Waals surface area contributed by atoms with Crippen LogP contribution < -0.4 is 9.47 Å². The van der Waals surface area contributed by atoms with Crippen LogP contribution in [0.2, 0.25) is 0 Å². The second-order valence-corrected chi connectivity index (χ2v) is 8.15. The van der Waals surface area contributed by atoms with Gasteiger partial charge in [0.05, 0.1) is 14.2 Å². The molecule has 0 aromatic heterocycles.